The van der Waals surface area contributed by atoms with Crippen molar-refractivity contribution in [1.29, 1.82) is 0 Å². The maximum Gasteiger partial charge on any atom is 0.185 e. The predicted octanol–water partition coefficient (Wildman–Crippen LogP) is 1.92. The monoisotopic (exact) mass is 290 g/mol. The van der Waals surface area contributed by atoms with Gasteiger partial charge in [0.25, 0.3) is 0 Å². The smallest absolute Gasteiger partial charge is 0.185 e. The van der Waals surface area contributed by atoms with Gasteiger partial charge in [0.2, 0.25) is 0 Å². The summed E-state index contributed by atoms with van der Waals surface area (Å²) < 4.78 is 0. The summed E-state index contributed by atoms with van der Waals surface area (Å²) in [6, 6.07) is 3.82. The second-order valence-corrected chi connectivity index (χ2v) is 5.75. The van der Waals surface area contributed by atoms with Crippen molar-refractivity contribution in [2.75, 3.05) is 36.0 Å². The van der Waals surface area contributed by atoms with E-state index in [2.05, 4.69) is 19.8 Å². The van der Waals surface area contributed by atoms with E-state index in [1.54, 1.807) is 24.5 Å². The fourth-order valence-electron chi connectivity index (χ4n) is 2.48. The average Bonchev–Trinajstić information content (AvgIpc) is 3.02. The summed E-state index contributed by atoms with van der Waals surface area (Å²) in [5, 5.41) is 12.9. The van der Waals surface area contributed by atoms with Crippen LogP contribution in [0.5, 0.6) is 0 Å². The van der Waals surface area contributed by atoms with Gasteiger partial charge in [-0.2, -0.15) is 0 Å². The number of aromatic nitrogens is 2. The van der Waals surface area contributed by atoms with E-state index in [9.17, 15) is 5.11 Å². The Morgan fingerprint density at radius 3 is 2.55 bits per heavy atom. The van der Waals surface area contributed by atoms with Crippen molar-refractivity contribution in [1.82, 2.24) is 9.97 Å². The molecule has 0 aliphatic carbocycles. The molecule has 0 radical (unpaired) electrons. The van der Waals surface area contributed by atoms with Crippen LogP contribution in [0.2, 0.25) is 0 Å². The zero-order valence-electron chi connectivity index (χ0n) is 11.4. The zero-order chi connectivity index (χ0) is 13.9. The number of thiazole rings is 1. The van der Waals surface area contributed by atoms with Crippen LogP contribution in [0.15, 0.2) is 29.9 Å². The molecule has 1 N–H and O–H groups in total. The first-order valence-corrected chi connectivity index (χ1v) is 7.66. The molecule has 0 bridgehead atoms. The second kappa shape index (κ2) is 5.76. The highest BCUT2D eigenvalue weighted by atomic mass is 32.1. The normalized spacial score (nSPS) is 17.3. The summed E-state index contributed by atoms with van der Waals surface area (Å²) in [4.78, 5) is 13.3. The molecule has 20 heavy (non-hydrogen) atoms. The third-order valence-electron chi connectivity index (χ3n) is 3.54. The number of piperazine rings is 1. The lowest BCUT2D eigenvalue weighted by molar-refractivity contribution is 0.199. The van der Waals surface area contributed by atoms with Crippen molar-refractivity contribution >= 4 is 22.3 Å². The summed E-state index contributed by atoms with van der Waals surface area (Å²) in [7, 11) is 0. The molecule has 3 heterocycles. The van der Waals surface area contributed by atoms with E-state index in [1.807, 2.05) is 23.7 Å². The van der Waals surface area contributed by atoms with Crippen LogP contribution in [-0.2, 0) is 0 Å². The Morgan fingerprint density at radius 2 is 1.90 bits per heavy atom. The molecule has 0 spiro atoms. The van der Waals surface area contributed by atoms with Gasteiger partial charge in [0.05, 0.1) is 6.10 Å². The van der Waals surface area contributed by atoms with Crippen molar-refractivity contribution in [2.45, 2.75) is 13.0 Å². The molecule has 1 atom stereocenters. The number of rotatable bonds is 3. The van der Waals surface area contributed by atoms with Crippen LogP contribution in [0.1, 0.15) is 18.6 Å². The third-order valence-corrected chi connectivity index (χ3v) is 4.37. The molecule has 1 fully saturated rings. The average molecular weight is 290 g/mol. The number of hydrogen-bond donors (Lipinski definition) is 1. The van der Waals surface area contributed by atoms with Gasteiger partial charge in [-0.3, -0.25) is 0 Å². The maximum atomic E-state index is 9.85. The van der Waals surface area contributed by atoms with Crippen molar-refractivity contribution in [3.8, 4) is 0 Å². The molecule has 106 valence electrons. The SMILES string of the molecule is C[C@@H](O)c1cccnc1N1CCN(c2nccs2)CC1. The number of hydrogen-bond acceptors (Lipinski definition) is 6. The maximum absolute atomic E-state index is 9.85. The predicted molar refractivity (Wildman–Crippen MR) is 81.4 cm³/mol. The minimum atomic E-state index is -0.490. The molecular weight excluding hydrogens is 272 g/mol. The summed E-state index contributed by atoms with van der Waals surface area (Å²) in [6.07, 6.45) is 3.14. The molecule has 2 aromatic heterocycles. The second-order valence-electron chi connectivity index (χ2n) is 4.88. The molecule has 2 aromatic rings. The van der Waals surface area contributed by atoms with Crippen LogP contribution in [0.25, 0.3) is 0 Å². The van der Waals surface area contributed by atoms with E-state index in [1.165, 1.54) is 0 Å². The molecule has 0 aromatic carbocycles. The van der Waals surface area contributed by atoms with E-state index in [4.69, 9.17) is 0 Å². The van der Waals surface area contributed by atoms with E-state index in [0.29, 0.717) is 0 Å². The largest absolute Gasteiger partial charge is 0.389 e. The number of nitrogens with zero attached hydrogens (tertiary/aromatic N) is 4. The van der Waals surface area contributed by atoms with Crippen LogP contribution in [0.4, 0.5) is 10.9 Å². The molecule has 0 unspecified atom stereocenters. The first-order valence-electron chi connectivity index (χ1n) is 6.78. The van der Waals surface area contributed by atoms with Crippen LogP contribution >= 0.6 is 11.3 Å². The summed E-state index contributed by atoms with van der Waals surface area (Å²) in [5.74, 6) is 0.904. The number of anilines is 2. The van der Waals surface area contributed by atoms with Gasteiger partial charge in [-0.05, 0) is 13.0 Å². The summed E-state index contributed by atoms with van der Waals surface area (Å²) in [5.41, 5.74) is 0.898. The van der Waals surface area contributed by atoms with Gasteiger partial charge in [0.1, 0.15) is 5.82 Å². The fourth-order valence-corrected chi connectivity index (χ4v) is 3.18. The lowest BCUT2D eigenvalue weighted by atomic mass is 10.1. The van der Waals surface area contributed by atoms with Crippen molar-refractivity contribution < 1.29 is 5.11 Å². The first-order chi connectivity index (χ1) is 9.75. The molecule has 6 heteroatoms. The Kier molecular flexibility index (Phi) is 3.84. The number of aliphatic hydroxyl groups excluding tert-OH is 1. The molecule has 5 nitrogen and oxygen atoms in total. The van der Waals surface area contributed by atoms with Crippen LogP contribution < -0.4 is 9.80 Å². The van der Waals surface area contributed by atoms with E-state index >= 15 is 0 Å². The number of aliphatic hydroxyl groups is 1. The van der Waals surface area contributed by atoms with Gasteiger partial charge in [-0.15, -0.1) is 11.3 Å². The van der Waals surface area contributed by atoms with Gasteiger partial charge in [0, 0.05) is 49.5 Å². The molecule has 1 aliphatic heterocycles. The molecule has 1 saturated heterocycles. The highest BCUT2D eigenvalue weighted by molar-refractivity contribution is 7.13. The van der Waals surface area contributed by atoms with E-state index in [-0.39, 0.29) is 0 Å². The lowest BCUT2D eigenvalue weighted by Crippen LogP contribution is -2.47. The standard InChI is InChI=1S/C14H18N4OS/c1-11(19)12-3-2-4-15-13(12)17-6-8-18(9-7-17)14-16-5-10-20-14/h2-5,10-11,19H,6-9H2,1H3/t11-/m1/s1. The highest BCUT2D eigenvalue weighted by Gasteiger charge is 2.22. The molecule has 0 saturated carbocycles. The van der Waals surface area contributed by atoms with Gasteiger partial charge in [-0.25, -0.2) is 9.97 Å². The zero-order valence-corrected chi connectivity index (χ0v) is 12.3. The topological polar surface area (TPSA) is 52.5 Å². The van der Waals surface area contributed by atoms with Crippen LogP contribution in [0.3, 0.4) is 0 Å². The van der Waals surface area contributed by atoms with E-state index in [0.717, 1.165) is 42.7 Å². The van der Waals surface area contributed by atoms with Crippen LogP contribution in [0, 0.1) is 0 Å². The van der Waals surface area contributed by atoms with E-state index < -0.39 is 6.10 Å². The summed E-state index contributed by atoms with van der Waals surface area (Å²) in [6.45, 7) is 5.45. The Bertz CT molecular complexity index is 550. The molecule has 1 aliphatic rings. The lowest BCUT2D eigenvalue weighted by Gasteiger charge is -2.36. The Balaban J connectivity index is 1.72. The van der Waals surface area contributed by atoms with Gasteiger partial charge in [0.15, 0.2) is 5.13 Å². The van der Waals surface area contributed by atoms with Crippen molar-refractivity contribution in [2.24, 2.45) is 0 Å². The molecule has 3 rings (SSSR count). The Hall–Kier alpha value is -1.66. The summed E-state index contributed by atoms with van der Waals surface area (Å²) >= 11 is 1.68. The molecular formula is C14H18N4OS. The minimum Gasteiger partial charge on any atom is -0.389 e. The minimum absolute atomic E-state index is 0.490. The fraction of sp³-hybridized carbons (Fsp3) is 0.429. The quantitative estimate of drug-likeness (QED) is 0.936. The van der Waals surface area contributed by atoms with Crippen molar-refractivity contribution in [3.63, 3.8) is 0 Å². The Morgan fingerprint density at radius 1 is 1.15 bits per heavy atom. The van der Waals surface area contributed by atoms with Crippen LogP contribution in [-0.4, -0.2) is 41.3 Å². The highest BCUT2D eigenvalue weighted by Crippen LogP contribution is 2.26. The van der Waals surface area contributed by atoms with Gasteiger partial charge < -0.3 is 14.9 Å². The number of pyridine rings is 1. The third kappa shape index (κ3) is 2.62. The van der Waals surface area contributed by atoms with Gasteiger partial charge >= 0.3 is 0 Å². The Labute approximate surface area is 122 Å². The van der Waals surface area contributed by atoms with Crippen molar-refractivity contribution in [3.05, 3.63) is 35.5 Å². The van der Waals surface area contributed by atoms with Gasteiger partial charge in [-0.1, -0.05) is 6.07 Å². The molecule has 0 amide bonds. The first kappa shape index (κ1) is 13.3.